The average Bonchev–Trinajstić information content (AvgIpc) is 2.41. The van der Waals surface area contributed by atoms with E-state index in [0.717, 1.165) is 24.3 Å². The molecule has 0 bridgehead atoms. The summed E-state index contributed by atoms with van der Waals surface area (Å²) in [7, 11) is -1.20. The fourth-order valence-electron chi connectivity index (χ4n) is 1.81. The van der Waals surface area contributed by atoms with Gasteiger partial charge in [0.15, 0.2) is 0 Å². The maximum absolute atomic E-state index is 11.2. The standard InChI is InChI=1S/C14H21N3O2S/c1-4-16-11-12-5-6-14(13(9-12)10-15)17(2)7-8-20(3,18)19/h5-6,9,16H,4,7-8,11H2,1-3H3. The lowest BCUT2D eigenvalue weighted by Crippen LogP contribution is -2.25. The molecule has 0 atom stereocenters. The number of nitrogens with one attached hydrogen (secondary N) is 1. The van der Waals surface area contributed by atoms with Gasteiger partial charge in [0, 0.05) is 26.4 Å². The van der Waals surface area contributed by atoms with Crippen molar-refractivity contribution in [2.45, 2.75) is 13.5 Å². The number of nitrogens with zero attached hydrogens (tertiary/aromatic N) is 2. The van der Waals surface area contributed by atoms with Crippen LogP contribution in [0.4, 0.5) is 5.69 Å². The van der Waals surface area contributed by atoms with Crippen molar-refractivity contribution in [3.05, 3.63) is 29.3 Å². The Morgan fingerprint density at radius 2 is 2.10 bits per heavy atom. The molecule has 110 valence electrons. The number of hydrogen-bond donors (Lipinski definition) is 1. The van der Waals surface area contributed by atoms with Gasteiger partial charge in [-0.2, -0.15) is 5.26 Å². The van der Waals surface area contributed by atoms with Crippen molar-refractivity contribution in [3.8, 4) is 6.07 Å². The Labute approximate surface area is 121 Å². The topological polar surface area (TPSA) is 73.2 Å². The Kier molecular flexibility index (Phi) is 5.99. The van der Waals surface area contributed by atoms with E-state index in [-0.39, 0.29) is 5.75 Å². The normalized spacial score (nSPS) is 11.1. The van der Waals surface area contributed by atoms with Crippen LogP contribution in [0, 0.1) is 11.3 Å². The molecule has 0 spiro atoms. The number of hydrogen-bond acceptors (Lipinski definition) is 5. The number of anilines is 1. The number of sulfone groups is 1. The highest BCUT2D eigenvalue weighted by Crippen LogP contribution is 2.20. The summed E-state index contributed by atoms with van der Waals surface area (Å²) >= 11 is 0. The predicted molar refractivity (Wildman–Crippen MR) is 81.5 cm³/mol. The minimum atomic E-state index is -3.00. The summed E-state index contributed by atoms with van der Waals surface area (Å²) in [6.07, 6.45) is 1.21. The molecule has 0 aliphatic carbocycles. The van der Waals surface area contributed by atoms with Crippen LogP contribution in [-0.4, -0.2) is 40.6 Å². The van der Waals surface area contributed by atoms with E-state index in [4.69, 9.17) is 0 Å². The molecule has 0 heterocycles. The molecule has 1 N–H and O–H groups in total. The fourth-order valence-corrected chi connectivity index (χ4v) is 2.41. The molecule has 0 aliphatic rings. The molecule has 0 saturated heterocycles. The Morgan fingerprint density at radius 3 is 2.65 bits per heavy atom. The molecular formula is C14H21N3O2S. The Hall–Kier alpha value is -1.58. The highest BCUT2D eigenvalue weighted by Gasteiger charge is 2.11. The van der Waals surface area contributed by atoms with Gasteiger partial charge < -0.3 is 10.2 Å². The first-order chi connectivity index (χ1) is 9.37. The summed E-state index contributed by atoms with van der Waals surface area (Å²) in [6, 6.07) is 7.84. The maximum Gasteiger partial charge on any atom is 0.149 e. The average molecular weight is 295 g/mol. The zero-order chi connectivity index (χ0) is 15.2. The molecule has 0 saturated carbocycles. The number of rotatable bonds is 7. The van der Waals surface area contributed by atoms with E-state index in [1.807, 2.05) is 25.1 Å². The molecule has 1 rings (SSSR count). The second-order valence-corrected chi connectivity index (χ2v) is 7.05. The van der Waals surface area contributed by atoms with E-state index < -0.39 is 9.84 Å². The minimum absolute atomic E-state index is 0.0769. The van der Waals surface area contributed by atoms with Gasteiger partial charge in [-0.3, -0.25) is 0 Å². The Bertz CT molecular complexity index is 591. The lowest BCUT2D eigenvalue weighted by atomic mass is 10.1. The van der Waals surface area contributed by atoms with Crippen LogP contribution >= 0.6 is 0 Å². The molecule has 1 aromatic carbocycles. The van der Waals surface area contributed by atoms with Gasteiger partial charge in [0.1, 0.15) is 15.9 Å². The van der Waals surface area contributed by atoms with Crippen LogP contribution < -0.4 is 10.2 Å². The molecule has 6 heteroatoms. The first kappa shape index (κ1) is 16.5. The van der Waals surface area contributed by atoms with Gasteiger partial charge in [-0.1, -0.05) is 13.0 Å². The van der Waals surface area contributed by atoms with E-state index in [9.17, 15) is 13.7 Å². The zero-order valence-electron chi connectivity index (χ0n) is 12.2. The highest BCUT2D eigenvalue weighted by molar-refractivity contribution is 7.90. The summed E-state index contributed by atoms with van der Waals surface area (Å²) in [5, 5.41) is 12.4. The zero-order valence-corrected chi connectivity index (χ0v) is 13.0. The second kappa shape index (κ2) is 7.27. The van der Waals surface area contributed by atoms with Gasteiger partial charge in [-0.15, -0.1) is 0 Å². The second-order valence-electron chi connectivity index (χ2n) is 4.80. The van der Waals surface area contributed by atoms with E-state index in [0.29, 0.717) is 12.1 Å². The summed E-state index contributed by atoms with van der Waals surface area (Å²) in [6.45, 7) is 4.00. The van der Waals surface area contributed by atoms with Gasteiger partial charge in [0.25, 0.3) is 0 Å². The SMILES string of the molecule is CCNCc1ccc(N(C)CCS(C)(=O)=O)c(C#N)c1. The van der Waals surface area contributed by atoms with Gasteiger partial charge >= 0.3 is 0 Å². The molecule has 0 radical (unpaired) electrons. The summed E-state index contributed by atoms with van der Waals surface area (Å²) in [4.78, 5) is 1.80. The first-order valence-electron chi connectivity index (χ1n) is 6.50. The van der Waals surface area contributed by atoms with Gasteiger partial charge in [-0.25, -0.2) is 8.42 Å². The summed E-state index contributed by atoms with van der Waals surface area (Å²) in [5.41, 5.74) is 2.37. The Balaban J connectivity index is 2.87. The van der Waals surface area contributed by atoms with E-state index in [2.05, 4.69) is 11.4 Å². The van der Waals surface area contributed by atoms with Crippen molar-refractivity contribution in [1.29, 1.82) is 5.26 Å². The molecule has 0 unspecified atom stereocenters. The van der Waals surface area contributed by atoms with E-state index >= 15 is 0 Å². The summed E-state index contributed by atoms with van der Waals surface area (Å²) < 4.78 is 22.4. The van der Waals surface area contributed by atoms with Crippen molar-refractivity contribution in [1.82, 2.24) is 5.32 Å². The monoisotopic (exact) mass is 295 g/mol. The first-order valence-corrected chi connectivity index (χ1v) is 8.56. The van der Waals surface area contributed by atoms with Crippen LogP contribution in [0.15, 0.2) is 18.2 Å². The third-order valence-electron chi connectivity index (χ3n) is 2.97. The van der Waals surface area contributed by atoms with Gasteiger partial charge in [0.05, 0.1) is 17.0 Å². The van der Waals surface area contributed by atoms with Crippen LogP contribution in [0.5, 0.6) is 0 Å². The number of nitriles is 1. The lowest BCUT2D eigenvalue weighted by molar-refractivity contribution is 0.601. The smallest absolute Gasteiger partial charge is 0.149 e. The molecule has 0 aromatic heterocycles. The van der Waals surface area contributed by atoms with E-state index in [1.54, 1.807) is 11.9 Å². The molecule has 5 nitrogen and oxygen atoms in total. The van der Waals surface area contributed by atoms with Crippen LogP contribution in [0.25, 0.3) is 0 Å². The molecule has 0 amide bonds. The quantitative estimate of drug-likeness (QED) is 0.817. The van der Waals surface area contributed by atoms with Gasteiger partial charge in [-0.05, 0) is 24.2 Å². The van der Waals surface area contributed by atoms with Crippen molar-refractivity contribution < 1.29 is 8.42 Å². The van der Waals surface area contributed by atoms with Crippen molar-refractivity contribution in [2.75, 3.05) is 37.0 Å². The predicted octanol–water partition coefficient (Wildman–Crippen LogP) is 1.15. The number of benzene rings is 1. The lowest BCUT2D eigenvalue weighted by Gasteiger charge is -2.20. The molecule has 0 aliphatic heterocycles. The third-order valence-corrected chi connectivity index (χ3v) is 3.89. The molecule has 20 heavy (non-hydrogen) atoms. The highest BCUT2D eigenvalue weighted by atomic mass is 32.2. The minimum Gasteiger partial charge on any atom is -0.373 e. The Morgan fingerprint density at radius 1 is 1.40 bits per heavy atom. The van der Waals surface area contributed by atoms with Crippen molar-refractivity contribution in [2.24, 2.45) is 0 Å². The van der Waals surface area contributed by atoms with Crippen molar-refractivity contribution in [3.63, 3.8) is 0 Å². The molecule has 0 fully saturated rings. The van der Waals surface area contributed by atoms with Crippen LogP contribution in [0.1, 0.15) is 18.1 Å². The van der Waals surface area contributed by atoms with Crippen molar-refractivity contribution >= 4 is 15.5 Å². The van der Waals surface area contributed by atoms with Crippen LogP contribution in [0.3, 0.4) is 0 Å². The summed E-state index contributed by atoms with van der Waals surface area (Å²) in [5.74, 6) is 0.0769. The van der Waals surface area contributed by atoms with Gasteiger partial charge in [0.2, 0.25) is 0 Å². The molecular weight excluding hydrogens is 274 g/mol. The van der Waals surface area contributed by atoms with E-state index in [1.165, 1.54) is 6.26 Å². The fraction of sp³-hybridized carbons (Fsp3) is 0.500. The largest absolute Gasteiger partial charge is 0.373 e. The third kappa shape index (κ3) is 5.19. The van der Waals surface area contributed by atoms with Crippen LogP contribution in [0.2, 0.25) is 0 Å². The molecule has 1 aromatic rings. The van der Waals surface area contributed by atoms with Crippen LogP contribution in [-0.2, 0) is 16.4 Å². The maximum atomic E-state index is 11.2.